The molecule has 0 heterocycles. The maximum atomic E-state index is 12.5. The molecule has 21 heavy (non-hydrogen) atoms. The second-order valence-corrected chi connectivity index (χ2v) is 6.47. The van der Waals surface area contributed by atoms with Crippen molar-refractivity contribution >= 4 is 57.1 Å². The van der Waals surface area contributed by atoms with Gasteiger partial charge in [-0.2, -0.15) is 0 Å². The first-order valence-electron chi connectivity index (χ1n) is 6.14. The Labute approximate surface area is 150 Å². The summed E-state index contributed by atoms with van der Waals surface area (Å²) >= 11 is 4.02. The lowest BCUT2D eigenvalue weighted by molar-refractivity contribution is -0.143. The van der Waals surface area contributed by atoms with Crippen LogP contribution in [-0.4, -0.2) is 41.6 Å². The highest BCUT2D eigenvalue weighted by Crippen LogP contribution is 2.28. The van der Waals surface area contributed by atoms with Gasteiger partial charge >= 0.3 is 5.97 Å². The Bertz CT molecular complexity index is 560. The van der Waals surface area contributed by atoms with E-state index in [1.165, 1.54) is 11.0 Å². The third kappa shape index (κ3) is 5.13. The van der Waals surface area contributed by atoms with Crippen molar-refractivity contribution in [3.63, 3.8) is 0 Å². The number of phenolic OH excluding ortho intramolecular Hbond substituents is 1. The highest BCUT2D eigenvalue weighted by Gasteiger charge is 2.22. The van der Waals surface area contributed by atoms with E-state index in [-0.39, 0.29) is 31.0 Å². The average molecular weight is 515 g/mol. The standard InChI is InChI=1S/C14H15I2NO4/c1-3-5-17(8-12(18)21-4-2)14(20)10-6-9(15)7-11(16)13(10)19/h3,6-7,19H,1,4-5,8H2,2H3. The summed E-state index contributed by atoms with van der Waals surface area (Å²) in [6, 6.07) is 3.35. The predicted molar refractivity (Wildman–Crippen MR) is 96.3 cm³/mol. The molecule has 1 aromatic carbocycles. The number of phenols is 1. The fraction of sp³-hybridized carbons (Fsp3) is 0.286. The van der Waals surface area contributed by atoms with Gasteiger partial charge in [-0.25, -0.2) is 0 Å². The summed E-state index contributed by atoms with van der Waals surface area (Å²) in [4.78, 5) is 25.4. The summed E-state index contributed by atoms with van der Waals surface area (Å²) in [5.41, 5.74) is 0.164. The van der Waals surface area contributed by atoms with Crippen LogP contribution in [0.2, 0.25) is 0 Å². The number of aromatic hydroxyl groups is 1. The number of benzene rings is 1. The van der Waals surface area contributed by atoms with Crippen molar-refractivity contribution in [2.75, 3.05) is 19.7 Å². The molecule has 5 nitrogen and oxygen atoms in total. The minimum atomic E-state index is -0.493. The normalized spacial score (nSPS) is 10.0. The number of halogens is 2. The topological polar surface area (TPSA) is 66.8 Å². The molecule has 7 heteroatoms. The molecule has 1 amide bonds. The van der Waals surface area contributed by atoms with Gasteiger partial charge in [0.1, 0.15) is 12.3 Å². The zero-order valence-corrected chi connectivity index (χ0v) is 15.8. The predicted octanol–water partition coefficient (Wildman–Crippen LogP) is 2.79. The van der Waals surface area contributed by atoms with E-state index >= 15 is 0 Å². The molecule has 0 fully saturated rings. The minimum Gasteiger partial charge on any atom is -0.506 e. The molecule has 0 bridgehead atoms. The van der Waals surface area contributed by atoms with E-state index in [0.29, 0.717) is 3.57 Å². The highest BCUT2D eigenvalue weighted by atomic mass is 127. The van der Waals surface area contributed by atoms with Gasteiger partial charge in [0.05, 0.1) is 15.7 Å². The van der Waals surface area contributed by atoms with Crippen LogP contribution in [0.3, 0.4) is 0 Å². The third-order valence-corrected chi connectivity index (χ3v) is 3.97. The largest absolute Gasteiger partial charge is 0.506 e. The SMILES string of the molecule is C=CCN(CC(=O)OCC)C(=O)c1cc(I)cc(I)c1O. The molecule has 0 aliphatic heterocycles. The Hall–Kier alpha value is -0.840. The molecule has 0 radical (unpaired) electrons. The molecule has 0 unspecified atom stereocenters. The number of ether oxygens (including phenoxy) is 1. The van der Waals surface area contributed by atoms with Crippen LogP contribution in [0, 0.1) is 7.14 Å². The van der Waals surface area contributed by atoms with E-state index in [4.69, 9.17) is 4.74 Å². The molecule has 0 aromatic heterocycles. The number of rotatable bonds is 6. The summed E-state index contributed by atoms with van der Waals surface area (Å²) in [5, 5.41) is 10.0. The Morgan fingerprint density at radius 1 is 1.43 bits per heavy atom. The van der Waals surface area contributed by atoms with Crippen molar-refractivity contribution in [2.24, 2.45) is 0 Å². The Morgan fingerprint density at radius 2 is 2.10 bits per heavy atom. The van der Waals surface area contributed by atoms with Crippen LogP contribution >= 0.6 is 45.2 Å². The summed E-state index contributed by atoms with van der Waals surface area (Å²) in [7, 11) is 0. The van der Waals surface area contributed by atoms with Crippen LogP contribution in [0.25, 0.3) is 0 Å². The van der Waals surface area contributed by atoms with Crippen molar-refractivity contribution in [1.82, 2.24) is 4.90 Å². The first-order valence-corrected chi connectivity index (χ1v) is 8.30. The Kier molecular flexibility index (Phi) is 7.43. The molecule has 1 rings (SSSR count). The number of hydrogen-bond donors (Lipinski definition) is 1. The summed E-state index contributed by atoms with van der Waals surface area (Å²) < 4.78 is 6.26. The lowest BCUT2D eigenvalue weighted by Crippen LogP contribution is -2.36. The van der Waals surface area contributed by atoms with Gasteiger partial charge in [0, 0.05) is 10.1 Å². The number of amides is 1. The molecular formula is C14H15I2NO4. The average Bonchev–Trinajstić information content (AvgIpc) is 2.42. The van der Waals surface area contributed by atoms with Crippen molar-refractivity contribution in [1.29, 1.82) is 0 Å². The maximum Gasteiger partial charge on any atom is 0.325 e. The van der Waals surface area contributed by atoms with E-state index < -0.39 is 11.9 Å². The van der Waals surface area contributed by atoms with E-state index in [0.717, 1.165) is 3.57 Å². The van der Waals surface area contributed by atoms with Gasteiger partial charge in [-0.05, 0) is 64.2 Å². The number of nitrogens with zero attached hydrogens (tertiary/aromatic N) is 1. The molecule has 114 valence electrons. The van der Waals surface area contributed by atoms with E-state index in [1.54, 1.807) is 19.1 Å². The lowest BCUT2D eigenvalue weighted by atomic mass is 10.1. The molecule has 1 aromatic rings. The van der Waals surface area contributed by atoms with Crippen molar-refractivity contribution < 1.29 is 19.4 Å². The van der Waals surface area contributed by atoms with Gasteiger partial charge in [0.25, 0.3) is 5.91 Å². The molecule has 0 atom stereocenters. The monoisotopic (exact) mass is 515 g/mol. The smallest absolute Gasteiger partial charge is 0.325 e. The third-order valence-electron chi connectivity index (χ3n) is 2.52. The second kappa shape index (κ2) is 8.57. The summed E-state index contributed by atoms with van der Waals surface area (Å²) in [6.45, 7) is 5.54. The zero-order valence-electron chi connectivity index (χ0n) is 11.4. The number of esters is 1. The molecule has 0 saturated heterocycles. The number of hydrogen-bond acceptors (Lipinski definition) is 4. The van der Waals surface area contributed by atoms with Crippen molar-refractivity contribution in [3.8, 4) is 5.75 Å². The Balaban J connectivity index is 3.06. The number of carbonyl (C=O) groups is 2. The van der Waals surface area contributed by atoms with Crippen LogP contribution in [-0.2, 0) is 9.53 Å². The molecular weight excluding hydrogens is 500 g/mol. The molecule has 1 N–H and O–H groups in total. The highest BCUT2D eigenvalue weighted by molar-refractivity contribution is 14.1. The van der Waals surface area contributed by atoms with Crippen LogP contribution < -0.4 is 0 Å². The van der Waals surface area contributed by atoms with Gasteiger partial charge in [0.2, 0.25) is 0 Å². The van der Waals surface area contributed by atoms with E-state index in [9.17, 15) is 14.7 Å². The minimum absolute atomic E-state index is 0.0843. The van der Waals surface area contributed by atoms with Crippen LogP contribution in [0.5, 0.6) is 5.75 Å². The van der Waals surface area contributed by atoms with Gasteiger partial charge < -0.3 is 14.7 Å². The van der Waals surface area contributed by atoms with Crippen LogP contribution in [0.15, 0.2) is 24.8 Å². The van der Waals surface area contributed by atoms with Gasteiger partial charge in [0.15, 0.2) is 0 Å². The fourth-order valence-electron chi connectivity index (χ4n) is 1.64. The van der Waals surface area contributed by atoms with Gasteiger partial charge in [-0.15, -0.1) is 6.58 Å². The van der Waals surface area contributed by atoms with E-state index in [1.807, 2.05) is 22.6 Å². The van der Waals surface area contributed by atoms with Gasteiger partial charge in [-0.3, -0.25) is 9.59 Å². The Morgan fingerprint density at radius 3 is 2.67 bits per heavy atom. The summed E-state index contributed by atoms with van der Waals surface area (Å²) in [6.07, 6.45) is 1.52. The second-order valence-electron chi connectivity index (χ2n) is 4.06. The molecule has 0 aliphatic rings. The van der Waals surface area contributed by atoms with Gasteiger partial charge in [-0.1, -0.05) is 6.08 Å². The van der Waals surface area contributed by atoms with E-state index in [2.05, 4.69) is 29.2 Å². The van der Waals surface area contributed by atoms with Crippen LogP contribution in [0.4, 0.5) is 0 Å². The summed E-state index contributed by atoms with van der Waals surface area (Å²) in [5.74, 6) is -1.01. The number of carbonyl (C=O) groups excluding carboxylic acids is 2. The first-order chi connectivity index (χ1) is 9.90. The maximum absolute atomic E-state index is 12.5. The van der Waals surface area contributed by atoms with Crippen LogP contribution in [0.1, 0.15) is 17.3 Å². The fourth-order valence-corrected chi connectivity index (χ4v) is 3.48. The molecule has 0 spiro atoms. The quantitative estimate of drug-likeness (QED) is 0.360. The molecule has 0 aliphatic carbocycles. The lowest BCUT2D eigenvalue weighted by Gasteiger charge is -2.21. The molecule has 0 saturated carbocycles. The van der Waals surface area contributed by atoms with Crippen molar-refractivity contribution in [2.45, 2.75) is 6.92 Å². The zero-order chi connectivity index (χ0) is 16.0. The van der Waals surface area contributed by atoms with Crippen molar-refractivity contribution in [3.05, 3.63) is 37.5 Å². The first kappa shape index (κ1) is 18.2.